The minimum Gasteiger partial charge on any atom is -0.463 e. The summed E-state index contributed by atoms with van der Waals surface area (Å²) in [5.41, 5.74) is 0. The number of unbranched alkanes of at least 4 members (excludes halogenated alkanes) is 46. The number of carbonyl (C=O) groups is 3. The Bertz CT molecular complexity index is 3200. The van der Waals surface area contributed by atoms with E-state index in [0.29, 0.717) is 19.3 Å². The molecule has 0 saturated heterocycles. The van der Waals surface area contributed by atoms with Gasteiger partial charge in [0.15, 0.2) is 6.10 Å². The Morgan fingerprint density at radius 2 is 0.398 bits per heavy atom. The summed E-state index contributed by atoms with van der Waals surface area (Å²) in [5.74, 6) is -1.56. The highest BCUT2D eigenvalue weighted by molar-refractivity contribution is 7.47. The SMILES string of the molecule is CC/C=C\C/C=C\C/C=C\C/C=C\C/C=C\C/C=C\CCCCCCCCCCCCCCCCC(=O)OCC(O)COP(=O)(O)OCC(O)COP(=O)(O)OCC(COC(=O)CCCCCCCCCCCCCCCC/C=C\C/C=C\C/C=C\C/C=C\C/C=C\C/C=C\CC)OC(=O)CCCCCCCCCCCCCCCCC/C=C\C/C=C\C/C=C\C/C=C\CCCCC. The highest BCUT2D eigenvalue weighted by atomic mass is 31.2. The summed E-state index contributed by atoms with van der Waals surface area (Å²) >= 11 is 0. The van der Waals surface area contributed by atoms with Crippen LogP contribution < -0.4 is 0 Å². The van der Waals surface area contributed by atoms with Gasteiger partial charge in [0.1, 0.15) is 25.4 Å². The van der Waals surface area contributed by atoms with Crippen molar-refractivity contribution in [2.75, 3.05) is 39.6 Å². The fourth-order valence-corrected chi connectivity index (χ4v) is 16.3. The van der Waals surface area contributed by atoms with E-state index in [0.717, 1.165) is 173 Å². The maximum Gasteiger partial charge on any atom is 0.472 e. The molecule has 0 heterocycles. The van der Waals surface area contributed by atoms with Crippen LogP contribution in [0.1, 0.15) is 457 Å². The molecule has 0 aliphatic carbocycles. The number of hydrogen-bond acceptors (Lipinski definition) is 14. The fourth-order valence-electron chi connectivity index (χ4n) is 14.7. The van der Waals surface area contributed by atoms with Crippen molar-refractivity contribution in [3.63, 3.8) is 0 Å². The van der Waals surface area contributed by atoms with Gasteiger partial charge < -0.3 is 34.2 Å². The van der Waals surface area contributed by atoms with Crippen LogP contribution in [-0.2, 0) is 55.8 Å². The second kappa shape index (κ2) is 105. The first-order valence-corrected chi connectivity index (χ1v) is 56.7. The molecule has 133 heavy (non-hydrogen) atoms. The van der Waals surface area contributed by atoms with E-state index in [9.17, 15) is 43.5 Å². The maximum atomic E-state index is 13.2. The maximum absolute atomic E-state index is 13.2. The minimum atomic E-state index is -4.95. The fraction of sp³-hybridized carbons (Fsp3) is 0.696. The highest BCUT2D eigenvalue weighted by Gasteiger charge is 2.30. The zero-order valence-electron chi connectivity index (χ0n) is 84.6. The average Bonchev–Trinajstić information content (AvgIpc) is 0.896. The van der Waals surface area contributed by atoms with E-state index in [1.165, 1.54) is 225 Å². The Balaban J connectivity index is 4.63. The van der Waals surface area contributed by atoms with E-state index < -0.39 is 91.5 Å². The van der Waals surface area contributed by atoms with Gasteiger partial charge in [0, 0.05) is 19.3 Å². The molecule has 0 rings (SSSR count). The van der Waals surface area contributed by atoms with Crippen molar-refractivity contribution < 1.29 is 75.8 Å². The number of esters is 3. The zero-order valence-corrected chi connectivity index (χ0v) is 86.4. The molecule has 0 radical (unpaired) electrons. The predicted molar refractivity (Wildman–Crippen MR) is 564 cm³/mol. The number of phosphoric acid groups is 2. The lowest BCUT2D eigenvalue weighted by Gasteiger charge is -2.21. The van der Waals surface area contributed by atoms with E-state index in [1.807, 2.05) is 0 Å². The van der Waals surface area contributed by atoms with Crippen LogP contribution in [0.3, 0.4) is 0 Å². The Morgan fingerprint density at radius 1 is 0.218 bits per heavy atom. The first-order valence-electron chi connectivity index (χ1n) is 53.7. The van der Waals surface area contributed by atoms with Gasteiger partial charge in [0.2, 0.25) is 0 Å². The summed E-state index contributed by atoms with van der Waals surface area (Å²) in [6.07, 6.45) is 142. The largest absolute Gasteiger partial charge is 0.472 e. The lowest BCUT2D eigenvalue weighted by molar-refractivity contribution is -0.161. The van der Waals surface area contributed by atoms with E-state index in [4.69, 9.17) is 32.3 Å². The lowest BCUT2D eigenvalue weighted by atomic mass is 10.0. The summed E-state index contributed by atoms with van der Waals surface area (Å²) in [5, 5.41) is 20.8. The van der Waals surface area contributed by atoms with E-state index in [1.54, 1.807) is 0 Å². The van der Waals surface area contributed by atoms with Gasteiger partial charge in [-0.1, -0.05) is 466 Å². The van der Waals surface area contributed by atoms with Crippen LogP contribution in [0.5, 0.6) is 0 Å². The molecule has 4 N–H and O–H groups in total. The first-order chi connectivity index (χ1) is 65.2. The Morgan fingerprint density at radius 3 is 0.632 bits per heavy atom. The van der Waals surface area contributed by atoms with E-state index >= 15 is 0 Å². The third-order valence-corrected chi connectivity index (χ3v) is 24.7. The molecule has 0 saturated carbocycles. The number of aliphatic hydroxyl groups excluding tert-OH is 2. The molecule has 0 amide bonds. The van der Waals surface area contributed by atoms with Crippen LogP contribution in [0.15, 0.2) is 194 Å². The van der Waals surface area contributed by atoms with Crippen molar-refractivity contribution in [1.82, 2.24) is 0 Å². The van der Waals surface area contributed by atoms with E-state index in [-0.39, 0.29) is 19.3 Å². The van der Waals surface area contributed by atoms with Crippen molar-refractivity contribution in [3.8, 4) is 0 Å². The minimum absolute atomic E-state index is 0.101. The Labute approximate surface area is 814 Å². The van der Waals surface area contributed by atoms with Gasteiger partial charge in [0.25, 0.3) is 0 Å². The van der Waals surface area contributed by atoms with Crippen LogP contribution in [0, 0.1) is 0 Å². The van der Waals surface area contributed by atoms with Crippen molar-refractivity contribution in [1.29, 1.82) is 0 Å². The number of phosphoric ester groups is 2. The molecule has 0 spiro atoms. The molecule has 762 valence electrons. The van der Waals surface area contributed by atoms with Crippen LogP contribution in [0.4, 0.5) is 0 Å². The predicted octanol–water partition coefficient (Wildman–Crippen LogP) is 34.5. The molecule has 0 aromatic rings. The average molecular weight is 1900 g/mol. The monoisotopic (exact) mass is 1900 g/mol. The first kappa shape index (κ1) is 127. The van der Waals surface area contributed by atoms with Gasteiger partial charge in [-0.15, -0.1) is 0 Å². The molecular formula is C115H196O16P2. The van der Waals surface area contributed by atoms with Gasteiger partial charge in [-0.25, -0.2) is 9.13 Å². The van der Waals surface area contributed by atoms with Gasteiger partial charge in [-0.2, -0.15) is 0 Å². The number of hydrogen-bond donors (Lipinski definition) is 4. The summed E-state index contributed by atoms with van der Waals surface area (Å²) in [6, 6.07) is 0. The van der Waals surface area contributed by atoms with Gasteiger partial charge in [0.05, 0.1) is 26.4 Å². The molecule has 0 aromatic heterocycles. The number of allylic oxidation sites excluding steroid dienone is 32. The number of aliphatic hydroxyl groups is 2. The van der Waals surface area contributed by atoms with Gasteiger partial charge >= 0.3 is 33.6 Å². The summed E-state index contributed by atoms with van der Waals surface area (Å²) in [6.45, 7) is 2.50. The quantitative estimate of drug-likeness (QED) is 0.0146. The summed E-state index contributed by atoms with van der Waals surface area (Å²) in [4.78, 5) is 59.3. The van der Waals surface area contributed by atoms with Crippen molar-refractivity contribution in [2.24, 2.45) is 0 Å². The second-order valence-corrected chi connectivity index (χ2v) is 38.6. The third kappa shape index (κ3) is 107. The molecule has 0 aliphatic heterocycles. The molecule has 0 aromatic carbocycles. The normalized spacial score (nSPS) is 14.4. The lowest BCUT2D eigenvalue weighted by Crippen LogP contribution is -2.30. The molecule has 0 fully saturated rings. The molecule has 5 unspecified atom stereocenters. The van der Waals surface area contributed by atoms with Crippen molar-refractivity contribution >= 4 is 33.6 Å². The summed E-state index contributed by atoms with van der Waals surface area (Å²) < 4.78 is 61.8. The molecule has 16 nitrogen and oxygen atoms in total. The highest BCUT2D eigenvalue weighted by Crippen LogP contribution is 2.45. The van der Waals surface area contributed by atoms with E-state index in [2.05, 4.69) is 215 Å². The molecule has 0 bridgehead atoms. The molecular weight excluding hydrogens is 1700 g/mol. The van der Waals surface area contributed by atoms with Crippen molar-refractivity contribution in [2.45, 2.75) is 476 Å². The Kier molecular flexibility index (Phi) is 101. The van der Waals surface area contributed by atoms with Crippen molar-refractivity contribution in [3.05, 3.63) is 194 Å². The number of carbonyl (C=O) groups excluding carboxylic acids is 3. The molecule has 18 heteroatoms. The topological polar surface area (TPSA) is 231 Å². The summed E-state index contributed by atoms with van der Waals surface area (Å²) in [7, 11) is -9.82. The van der Waals surface area contributed by atoms with Gasteiger partial charge in [-0.3, -0.25) is 32.5 Å². The smallest absolute Gasteiger partial charge is 0.463 e. The van der Waals surface area contributed by atoms with Crippen LogP contribution in [-0.4, -0.2) is 95.9 Å². The Hall–Kier alpha value is -5.61. The standard InChI is InChI=1S/C115H196O16P2/c1-4-7-10-13-16-19-22-25-28-31-34-37-40-43-46-49-52-54-57-59-62-65-68-71-74-77-80-83-86-89-92-95-98-101-113(118)125-104-110(116)105-127-132(121,122)128-106-111(117)107-129-133(123,124)130-109-112(131-115(120)103-100-97-94-91-88-85-82-79-76-73-70-67-64-61-56-51-48-45-42-39-36-33-30-27-24-21-18-15-12-9-6-3)108-126-114(119)102-99-96-93-90-87-84-81-78-75-72-69-66-63-60-58-55-53-50-47-44-41-38-35-32-29-26-23-20-17-14-11-8-5-2/h7-8,10-11,16-21,25-30,34-39,43-48,52-55,110-112,116-117H,4-6,9,12-15,22-24,31-33,40-42,49-51,56-109H2,1-3H3,(H,121,122)(H,123,124)/b10-7-,11-8-,19-16-,20-17-,21-18-,28-25-,29-26-,30-27-,37-34-,38-35-,39-36-,46-43-,47-44-,48-45-,54-52-,55-53-. The number of rotatable bonds is 101. The third-order valence-electron chi connectivity index (χ3n) is 22.8. The number of ether oxygens (including phenoxy) is 3. The van der Waals surface area contributed by atoms with Crippen LogP contribution in [0.25, 0.3) is 0 Å². The van der Waals surface area contributed by atoms with Gasteiger partial charge in [-0.05, 0) is 167 Å². The zero-order chi connectivity index (χ0) is 96.4. The van der Waals surface area contributed by atoms with Crippen LogP contribution >= 0.6 is 15.6 Å². The molecule has 0 aliphatic rings. The molecule has 5 atom stereocenters. The second-order valence-electron chi connectivity index (χ2n) is 35.6. The van der Waals surface area contributed by atoms with Crippen LogP contribution in [0.2, 0.25) is 0 Å².